The van der Waals surface area contributed by atoms with Gasteiger partial charge in [-0.3, -0.25) is 0 Å². The Morgan fingerprint density at radius 2 is 1.80 bits per heavy atom. The summed E-state index contributed by atoms with van der Waals surface area (Å²) in [5.74, 6) is 1.98. The van der Waals surface area contributed by atoms with Crippen LogP contribution < -0.4 is 4.74 Å². The zero-order valence-electron chi connectivity index (χ0n) is 17.8. The van der Waals surface area contributed by atoms with Gasteiger partial charge in [0.2, 0.25) is 0 Å². The Labute approximate surface area is 178 Å². The molecule has 0 aliphatic carbocycles. The molecule has 3 nitrogen and oxygen atoms in total. The van der Waals surface area contributed by atoms with Crippen LogP contribution in [0.4, 0.5) is 0 Å². The van der Waals surface area contributed by atoms with E-state index in [9.17, 15) is 0 Å². The third-order valence-corrected chi connectivity index (χ3v) is 5.40. The van der Waals surface area contributed by atoms with Gasteiger partial charge in [-0.1, -0.05) is 60.2 Å². The van der Waals surface area contributed by atoms with Crippen LogP contribution in [0.1, 0.15) is 23.1 Å². The van der Waals surface area contributed by atoms with Crippen molar-refractivity contribution in [3.63, 3.8) is 0 Å². The van der Waals surface area contributed by atoms with Crippen LogP contribution in [-0.4, -0.2) is 16.2 Å². The summed E-state index contributed by atoms with van der Waals surface area (Å²) in [5, 5.41) is 0. The van der Waals surface area contributed by atoms with Crippen LogP contribution in [0, 0.1) is 13.8 Å². The summed E-state index contributed by atoms with van der Waals surface area (Å²) in [4.78, 5) is 4.96. The molecule has 0 saturated carbocycles. The first-order chi connectivity index (χ1) is 14.7. The Bertz CT molecular complexity index is 1170. The molecule has 4 rings (SSSR count). The molecule has 0 atom stereocenters. The minimum Gasteiger partial charge on any atom is -0.493 e. The maximum absolute atomic E-state index is 6.10. The molecule has 0 spiro atoms. The SMILES string of the molecule is C=CCc1ccccc1OCCCn1c(-c2ccc(C)cc2C)nc2ccccc21. The highest BCUT2D eigenvalue weighted by Gasteiger charge is 2.14. The Balaban J connectivity index is 1.56. The summed E-state index contributed by atoms with van der Waals surface area (Å²) in [6, 6.07) is 23.1. The molecule has 152 valence electrons. The number of hydrogen-bond acceptors (Lipinski definition) is 2. The summed E-state index contributed by atoms with van der Waals surface area (Å²) < 4.78 is 8.43. The molecule has 0 aliphatic heterocycles. The van der Waals surface area contributed by atoms with Crippen molar-refractivity contribution in [2.24, 2.45) is 0 Å². The zero-order chi connectivity index (χ0) is 20.9. The smallest absolute Gasteiger partial charge is 0.141 e. The summed E-state index contributed by atoms with van der Waals surface area (Å²) in [7, 11) is 0. The van der Waals surface area contributed by atoms with Crippen molar-refractivity contribution in [2.75, 3.05) is 6.61 Å². The van der Waals surface area contributed by atoms with E-state index in [1.54, 1.807) is 0 Å². The van der Waals surface area contributed by atoms with E-state index in [4.69, 9.17) is 9.72 Å². The standard InChI is InChI=1S/C27H28N2O/c1-4-10-22-11-5-8-14-26(22)30-18-9-17-29-25-13-7-6-12-24(25)28-27(29)23-16-15-20(2)19-21(23)3/h4-8,11-16,19H,1,9-10,17-18H2,2-3H3. The summed E-state index contributed by atoms with van der Waals surface area (Å²) in [6.07, 6.45) is 3.63. The van der Waals surface area contributed by atoms with E-state index < -0.39 is 0 Å². The van der Waals surface area contributed by atoms with Crippen LogP contribution >= 0.6 is 0 Å². The van der Waals surface area contributed by atoms with Gasteiger partial charge in [0, 0.05) is 12.1 Å². The lowest BCUT2D eigenvalue weighted by molar-refractivity contribution is 0.300. The van der Waals surface area contributed by atoms with E-state index >= 15 is 0 Å². The fourth-order valence-corrected chi connectivity index (χ4v) is 3.95. The van der Waals surface area contributed by atoms with Gasteiger partial charge in [-0.15, -0.1) is 6.58 Å². The number of fused-ring (bicyclic) bond motifs is 1. The molecule has 3 heteroatoms. The van der Waals surface area contributed by atoms with Crippen LogP contribution in [0.5, 0.6) is 5.75 Å². The van der Waals surface area contributed by atoms with Crippen molar-refractivity contribution in [1.29, 1.82) is 0 Å². The molecule has 0 fully saturated rings. The molecule has 0 saturated heterocycles. The number of para-hydroxylation sites is 3. The predicted octanol–water partition coefficient (Wildman–Crippen LogP) is 6.52. The maximum atomic E-state index is 6.10. The lowest BCUT2D eigenvalue weighted by Gasteiger charge is -2.13. The van der Waals surface area contributed by atoms with Gasteiger partial charge in [-0.25, -0.2) is 4.98 Å². The molecule has 0 amide bonds. The second-order valence-corrected chi connectivity index (χ2v) is 7.70. The molecule has 4 aromatic rings. The number of allylic oxidation sites excluding steroid dienone is 1. The topological polar surface area (TPSA) is 27.1 Å². The first kappa shape index (κ1) is 20.0. The summed E-state index contributed by atoms with van der Waals surface area (Å²) in [6.45, 7) is 9.64. The van der Waals surface area contributed by atoms with E-state index in [1.807, 2.05) is 30.3 Å². The van der Waals surface area contributed by atoms with Gasteiger partial charge in [0.15, 0.2) is 0 Å². The minimum atomic E-state index is 0.660. The van der Waals surface area contributed by atoms with Gasteiger partial charge in [0.1, 0.15) is 11.6 Å². The quantitative estimate of drug-likeness (QED) is 0.250. The molecule has 0 bridgehead atoms. The first-order valence-corrected chi connectivity index (χ1v) is 10.5. The average molecular weight is 397 g/mol. The van der Waals surface area contributed by atoms with E-state index in [2.05, 4.69) is 67.5 Å². The van der Waals surface area contributed by atoms with Crippen LogP contribution in [0.3, 0.4) is 0 Å². The number of imidazole rings is 1. The molecule has 0 N–H and O–H groups in total. The second-order valence-electron chi connectivity index (χ2n) is 7.70. The molecule has 3 aromatic carbocycles. The number of rotatable bonds is 8. The van der Waals surface area contributed by atoms with Crippen molar-refractivity contribution in [1.82, 2.24) is 9.55 Å². The summed E-state index contributed by atoms with van der Waals surface area (Å²) in [5.41, 5.74) is 7.08. The monoisotopic (exact) mass is 396 g/mol. The van der Waals surface area contributed by atoms with Crippen molar-refractivity contribution < 1.29 is 4.74 Å². The highest BCUT2D eigenvalue weighted by Crippen LogP contribution is 2.28. The largest absolute Gasteiger partial charge is 0.493 e. The Hall–Kier alpha value is -3.33. The van der Waals surface area contributed by atoms with Gasteiger partial charge in [0.25, 0.3) is 0 Å². The number of aromatic nitrogens is 2. The highest BCUT2D eigenvalue weighted by atomic mass is 16.5. The first-order valence-electron chi connectivity index (χ1n) is 10.5. The number of benzene rings is 3. The van der Waals surface area contributed by atoms with Gasteiger partial charge in [0.05, 0.1) is 17.6 Å². The Morgan fingerprint density at radius 1 is 1.00 bits per heavy atom. The van der Waals surface area contributed by atoms with Gasteiger partial charge >= 0.3 is 0 Å². The molecular weight excluding hydrogens is 368 g/mol. The predicted molar refractivity (Wildman–Crippen MR) is 125 cm³/mol. The highest BCUT2D eigenvalue weighted by molar-refractivity contribution is 5.81. The maximum Gasteiger partial charge on any atom is 0.141 e. The van der Waals surface area contributed by atoms with Crippen LogP contribution in [0.15, 0.2) is 79.4 Å². The lowest BCUT2D eigenvalue weighted by Crippen LogP contribution is -2.07. The van der Waals surface area contributed by atoms with Crippen LogP contribution in [-0.2, 0) is 13.0 Å². The lowest BCUT2D eigenvalue weighted by atomic mass is 10.1. The fourth-order valence-electron chi connectivity index (χ4n) is 3.95. The molecule has 30 heavy (non-hydrogen) atoms. The fraction of sp³-hybridized carbons (Fsp3) is 0.222. The van der Waals surface area contributed by atoms with E-state index in [0.717, 1.165) is 36.5 Å². The number of nitrogens with zero attached hydrogens (tertiary/aromatic N) is 2. The van der Waals surface area contributed by atoms with Gasteiger partial charge in [-0.05, 0) is 56.0 Å². The van der Waals surface area contributed by atoms with E-state index in [-0.39, 0.29) is 0 Å². The van der Waals surface area contributed by atoms with Gasteiger partial charge in [-0.2, -0.15) is 0 Å². The zero-order valence-corrected chi connectivity index (χ0v) is 17.8. The van der Waals surface area contributed by atoms with Crippen molar-refractivity contribution in [3.8, 4) is 17.1 Å². The molecule has 0 radical (unpaired) electrons. The Morgan fingerprint density at radius 3 is 2.63 bits per heavy atom. The van der Waals surface area contributed by atoms with E-state index in [1.165, 1.54) is 27.8 Å². The summed E-state index contributed by atoms with van der Waals surface area (Å²) >= 11 is 0. The Kier molecular flexibility index (Phi) is 5.99. The van der Waals surface area contributed by atoms with Crippen LogP contribution in [0.2, 0.25) is 0 Å². The molecule has 1 aromatic heterocycles. The van der Waals surface area contributed by atoms with E-state index in [0.29, 0.717) is 6.61 Å². The van der Waals surface area contributed by atoms with Crippen molar-refractivity contribution >= 4 is 11.0 Å². The normalized spacial score (nSPS) is 11.0. The molecule has 0 unspecified atom stereocenters. The number of ether oxygens (including phenoxy) is 1. The molecule has 0 aliphatic rings. The number of aryl methyl sites for hydroxylation is 3. The molecule has 1 heterocycles. The average Bonchev–Trinajstić information content (AvgIpc) is 3.11. The number of hydrogen-bond donors (Lipinski definition) is 0. The second kappa shape index (κ2) is 9.00. The molecular formula is C27H28N2O. The third kappa shape index (κ3) is 4.16. The van der Waals surface area contributed by atoms with Crippen molar-refractivity contribution in [3.05, 3.63) is 96.1 Å². The minimum absolute atomic E-state index is 0.660. The van der Waals surface area contributed by atoms with Gasteiger partial charge < -0.3 is 9.30 Å². The third-order valence-electron chi connectivity index (χ3n) is 5.40. The van der Waals surface area contributed by atoms with Crippen LogP contribution in [0.25, 0.3) is 22.4 Å². The van der Waals surface area contributed by atoms with Crippen molar-refractivity contribution in [2.45, 2.75) is 33.2 Å².